The van der Waals surface area contributed by atoms with Gasteiger partial charge in [-0.15, -0.1) is 10.2 Å². The van der Waals surface area contributed by atoms with Gasteiger partial charge in [0.2, 0.25) is 5.91 Å². The topological polar surface area (TPSA) is 71.8 Å². The van der Waals surface area contributed by atoms with Gasteiger partial charge in [0.25, 0.3) is 0 Å². The minimum absolute atomic E-state index is 0.0581. The van der Waals surface area contributed by atoms with Crippen LogP contribution in [-0.2, 0) is 17.8 Å². The number of fused-ring (bicyclic) bond motifs is 1. The first-order chi connectivity index (χ1) is 9.13. The van der Waals surface area contributed by atoms with Crippen molar-refractivity contribution < 1.29 is 4.79 Å². The SMILES string of the molecule is CCC(=O)N[C@H](c1nnc2n1CCNCC2)C(C)C. The molecule has 1 aromatic heterocycles. The molecule has 0 radical (unpaired) electrons. The minimum Gasteiger partial charge on any atom is -0.346 e. The lowest BCUT2D eigenvalue weighted by Gasteiger charge is -2.22. The van der Waals surface area contributed by atoms with Crippen molar-refractivity contribution in [3.8, 4) is 0 Å². The van der Waals surface area contributed by atoms with Crippen molar-refractivity contribution in [2.24, 2.45) is 5.92 Å². The molecule has 1 atom stereocenters. The maximum atomic E-state index is 11.7. The smallest absolute Gasteiger partial charge is 0.220 e. The summed E-state index contributed by atoms with van der Waals surface area (Å²) in [4.78, 5) is 11.7. The molecule has 1 amide bonds. The summed E-state index contributed by atoms with van der Waals surface area (Å²) in [6.07, 6.45) is 1.38. The van der Waals surface area contributed by atoms with E-state index in [2.05, 4.69) is 39.2 Å². The number of hydrogen-bond donors (Lipinski definition) is 2. The molecule has 1 aromatic rings. The van der Waals surface area contributed by atoms with Gasteiger partial charge in [-0.25, -0.2) is 0 Å². The van der Waals surface area contributed by atoms with Gasteiger partial charge in [0, 0.05) is 32.5 Å². The molecule has 1 aliphatic rings. The van der Waals surface area contributed by atoms with Gasteiger partial charge in [-0.2, -0.15) is 0 Å². The van der Waals surface area contributed by atoms with Crippen LogP contribution < -0.4 is 10.6 Å². The van der Waals surface area contributed by atoms with Crippen molar-refractivity contribution in [2.75, 3.05) is 13.1 Å². The van der Waals surface area contributed by atoms with E-state index in [-0.39, 0.29) is 11.9 Å². The third-order valence-corrected chi connectivity index (χ3v) is 3.48. The largest absolute Gasteiger partial charge is 0.346 e. The van der Waals surface area contributed by atoms with Gasteiger partial charge >= 0.3 is 0 Å². The van der Waals surface area contributed by atoms with E-state index >= 15 is 0 Å². The molecule has 106 valence electrons. The summed E-state index contributed by atoms with van der Waals surface area (Å²) in [5, 5.41) is 15.0. The fourth-order valence-corrected chi connectivity index (χ4v) is 2.33. The highest BCUT2D eigenvalue weighted by molar-refractivity contribution is 5.75. The summed E-state index contributed by atoms with van der Waals surface area (Å²) in [5.41, 5.74) is 0. The highest BCUT2D eigenvalue weighted by atomic mass is 16.1. The van der Waals surface area contributed by atoms with Gasteiger partial charge in [-0.3, -0.25) is 4.79 Å². The molecule has 0 aliphatic carbocycles. The Kier molecular flexibility index (Phi) is 4.52. The minimum atomic E-state index is -0.0631. The molecule has 0 aromatic carbocycles. The average molecular weight is 265 g/mol. The molecular formula is C13H23N5O. The number of aromatic nitrogens is 3. The van der Waals surface area contributed by atoms with Gasteiger partial charge in [0.05, 0.1) is 6.04 Å². The monoisotopic (exact) mass is 265 g/mol. The molecule has 0 spiro atoms. The zero-order chi connectivity index (χ0) is 13.8. The lowest BCUT2D eigenvalue weighted by Crippen LogP contribution is -2.33. The molecule has 2 rings (SSSR count). The van der Waals surface area contributed by atoms with Gasteiger partial charge in [-0.1, -0.05) is 20.8 Å². The van der Waals surface area contributed by atoms with Crippen LogP contribution in [0.3, 0.4) is 0 Å². The van der Waals surface area contributed by atoms with Crippen molar-refractivity contribution in [3.05, 3.63) is 11.6 Å². The predicted octanol–water partition coefficient (Wildman–Crippen LogP) is 0.647. The molecule has 6 heteroatoms. The highest BCUT2D eigenvalue weighted by Gasteiger charge is 2.25. The average Bonchev–Trinajstić information content (AvgIpc) is 2.64. The summed E-state index contributed by atoms with van der Waals surface area (Å²) in [6.45, 7) is 8.77. The summed E-state index contributed by atoms with van der Waals surface area (Å²) >= 11 is 0. The van der Waals surface area contributed by atoms with Gasteiger partial charge in [0.15, 0.2) is 5.82 Å². The number of carbonyl (C=O) groups is 1. The van der Waals surface area contributed by atoms with Crippen molar-refractivity contribution in [1.29, 1.82) is 0 Å². The lowest BCUT2D eigenvalue weighted by molar-refractivity contribution is -0.121. The van der Waals surface area contributed by atoms with Crippen LogP contribution in [-0.4, -0.2) is 33.8 Å². The molecule has 0 fully saturated rings. The Bertz CT molecular complexity index is 440. The second kappa shape index (κ2) is 6.14. The zero-order valence-electron chi connectivity index (χ0n) is 11.9. The van der Waals surface area contributed by atoms with Crippen LogP contribution in [0.15, 0.2) is 0 Å². The Hall–Kier alpha value is -1.43. The van der Waals surface area contributed by atoms with E-state index in [1.165, 1.54) is 0 Å². The second-order valence-electron chi connectivity index (χ2n) is 5.27. The van der Waals surface area contributed by atoms with Crippen LogP contribution in [0.1, 0.15) is 44.9 Å². The number of nitrogens with zero attached hydrogens (tertiary/aromatic N) is 3. The Morgan fingerprint density at radius 1 is 1.42 bits per heavy atom. The normalized spacial score (nSPS) is 16.8. The van der Waals surface area contributed by atoms with E-state index < -0.39 is 0 Å². The number of nitrogens with one attached hydrogen (secondary N) is 2. The summed E-state index contributed by atoms with van der Waals surface area (Å²) in [6, 6.07) is -0.0631. The van der Waals surface area contributed by atoms with Crippen molar-refractivity contribution >= 4 is 5.91 Å². The number of carbonyl (C=O) groups excluding carboxylic acids is 1. The molecule has 2 N–H and O–H groups in total. The van der Waals surface area contributed by atoms with Crippen LogP contribution in [0, 0.1) is 5.92 Å². The molecule has 0 saturated carbocycles. The molecule has 2 heterocycles. The van der Waals surface area contributed by atoms with Crippen LogP contribution in [0.2, 0.25) is 0 Å². The van der Waals surface area contributed by atoms with E-state index in [1.807, 2.05) is 6.92 Å². The van der Waals surface area contributed by atoms with Gasteiger partial charge in [0.1, 0.15) is 5.82 Å². The predicted molar refractivity (Wildman–Crippen MR) is 72.6 cm³/mol. The standard InChI is InChI=1S/C13H23N5O/c1-4-11(19)15-12(9(2)3)13-17-16-10-5-6-14-7-8-18(10)13/h9,12,14H,4-8H2,1-3H3,(H,15,19)/t12-/m0/s1. The second-order valence-corrected chi connectivity index (χ2v) is 5.27. The van der Waals surface area contributed by atoms with E-state index in [1.54, 1.807) is 0 Å². The third-order valence-electron chi connectivity index (χ3n) is 3.48. The molecule has 19 heavy (non-hydrogen) atoms. The van der Waals surface area contributed by atoms with E-state index in [4.69, 9.17) is 0 Å². The highest BCUT2D eigenvalue weighted by Crippen LogP contribution is 2.21. The number of amides is 1. The first-order valence-corrected chi connectivity index (χ1v) is 7.05. The van der Waals surface area contributed by atoms with Crippen LogP contribution in [0.25, 0.3) is 0 Å². The Balaban J connectivity index is 2.26. The lowest BCUT2D eigenvalue weighted by atomic mass is 10.0. The van der Waals surface area contributed by atoms with Crippen molar-refractivity contribution in [2.45, 2.75) is 46.2 Å². The fourth-order valence-electron chi connectivity index (χ4n) is 2.33. The Morgan fingerprint density at radius 2 is 2.21 bits per heavy atom. The fraction of sp³-hybridized carbons (Fsp3) is 0.769. The van der Waals surface area contributed by atoms with Crippen molar-refractivity contribution in [3.63, 3.8) is 0 Å². The molecule has 0 unspecified atom stereocenters. The first-order valence-electron chi connectivity index (χ1n) is 7.05. The van der Waals surface area contributed by atoms with E-state index in [0.717, 1.165) is 37.7 Å². The molecule has 1 aliphatic heterocycles. The summed E-state index contributed by atoms with van der Waals surface area (Å²) < 4.78 is 2.15. The Labute approximate surface area is 114 Å². The van der Waals surface area contributed by atoms with Crippen LogP contribution in [0.4, 0.5) is 0 Å². The van der Waals surface area contributed by atoms with Crippen molar-refractivity contribution in [1.82, 2.24) is 25.4 Å². The maximum absolute atomic E-state index is 11.7. The quantitative estimate of drug-likeness (QED) is 0.838. The summed E-state index contributed by atoms with van der Waals surface area (Å²) in [5.74, 6) is 2.25. The van der Waals surface area contributed by atoms with E-state index in [0.29, 0.717) is 12.3 Å². The van der Waals surface area contributed by atoms with E-state index in [9.17, 15) is 4.79 Å². The van der Waals surface area contributed by atoms with Crippen LogP contribution in [0.5, 0.6) is 0 Å². The molecule has 0 saturated heterocycles. The third kappa shape index (κ3) is 3.12. The van der Waals surface area contributed by atoms with Crippen LogP contribution >= 0.6 is 0 Å². The number of rotatable bonds is 4. The maximum Gasteiger partial charge on any atom is 0.220 e. The van der Waals surface area contributed by atoms with Gasteiger partial charge in [-0.05, 0) is 5.92 Å². The summed E-state index contributed by atoms with van der Waals surface area (Å²) in [7, 11) is 0. The first kappa shape index (κ1) is 14.0. The molecular weight excluding hydrogens is 242 g/mol. The molecule has 6 nitrogen and oxygen atoms in total. The Morgan fingerprint density at radius 3 is 2.89 bits per heavy atom. The molecule has 0 bridgehead atoms. The zero-order valence-corrected chi connectivity index (χ0v) is 11.9. The number of hydrogen-bond acceptors (Lipinski definition) is 4. The van der Waals surface area contributed by atoms with Gasteiger partial charge < -0.3 is 15.2 Å².